The molecule has 0 radical (unpaired) electrons. The number of rotatable bonds is 5. The molecule has 0 atom stereocenters. The predicted molar refractivity (Wildman–Crippen MR) is 79.1 cm³/mol. The molecule has 2 heteroatoms. The summed E-state index contributed by atoms with van der Waals surface area (Å²) in [6, 6.07) is 19.0. The summed E-state index contributed by atoms with van der Waals surface area (Å²) in [5.74, 6) is 0. The molecule has 1 aromatic heterocycles. The van der Waals surface area contributed by atoms with Gasteiger partial charge in [0.05, 0.1) is 5.52 Å². The Labute approximate surface area is 113 Å². The molecule has 0 saturated carbocycles. The Morgan fingerprint density at radius 1 is 0.842 bits per heavy atom. The van der Waals surface area contributed by atoms with Gasteiger partial charge >= 0.3 is 0 Å². The molecule has 0 saturated heterocycles. The van der Waals surface area contributed by atoms with Gasteiger partial charge in [0, 0.05) is 18.1 Å². The van der Waals surface area contributed by atoms with Crippen LogP contribution in [-0.4, -0.2) is 9.78 Å². The van der Waals surface area contributed by atoms with Crippen molar-refractivity contribution in [3.8, 4) is 0 Å². The van der Waals surface area contributed by atoms with E-state index in [0.29, 0.717) is 0 Å². The van der Waals surface area contributed by atoms with E-state index in [0.717, 1.165) is 18.5 Å². The molecule has 0 amide bonds. The fourth-order valence-electron chi connectivity index (χ4n) is 2.38. The van der Waals surface area contributed by atoms with Gasteiger partial charge in [-0.1, -0.05) is 48.5 Å². The van der Waals surface area contributed by atoms with Crippen LogP contribution in [0, 0.1) is 0 Å². The highest BCUT2D eigenvalue weighted by Crippen LogP contribution is 2.12. The van der Waals surface area contributed by atoms with E-state index < -0.39 is 0 Å². The van der Waals surface area contributed by atoms with Crippen LogP contribution in [0.1, 0.15) is 18.4 Å². The van der Waals surface area contributed by atoms with Crippen LogP contribution in [0.25, 0.3) is 10.9 Å². The van der Waals surface area contributed by atoms with Gasteiger partial charge in [-0.05, 0) is 30.9 Å². The lowest BCUT2D eigenvalue weighted by molar-refractivity contribution is 0.562. The Morgan fingerprint density at radius 3 is 2.47 bits per heavy atom. The third-order valence-corrected chi connectivity index (χ3v) is 3.41. The number of benzene rings is 2. The lowest BCUT2D eigenvalue weighted by atomic mass is 10.1. The summed E-state index contributed by atoms with van der Waals surface area (Å²) in [6.45, 7) is 1.00. The minimum absolute atomic E-state index is 1.00. The first-order valence-corrected chi connectivity index (χ1v) is 6.88. The van der Waals surface area contributed by atoms with Crippen molar-refractivity contribution >= 4 is 10.9 Å². The second-order valence-corrected chi connectivity index (χ2v) is 4.89. The van der Waals surface area contributed by atoms with E-state index >= 15 is 0 Å². The molecule has 96 valence electrons. The molecule has 0 aliphatic rings. The van der Waals surface area contributed by atoms with Crippen LogP contribution in [0.15, 0.2) is 60.8 Å². The van der Waals surface area contributed by atoms with Crippen LogP contribution < -0.4 is 0 Å². The average molecular weight is 250 g/mol. The highest BCUT2D eigenvalue weighted by atomic mass is 15.3. The molecule has 0 fully saturated rings. The zero-order valence-corrected chi connectivity index (χ0v) is 11.0. The lowest BCUT2D eigenvalue weighted by Crippen LogP contribution is -1.98. The van der Waals surface area contributed by atoms with Crippen molar-refractivity contribution in [2.75, 3.05) is 0 Å². The van der Waals surface area contributed by atoms with Gasteiger partial charge in [-0.15, -0.1) is 0 Å². The summed E-state index contributed by atoms with van der Waals surface area (Å²) < 4.78 is 2.07. The molecule has 2 aromatic carbocycles. The van der Waals surface area contributed by atoms with Crippen molar-refractivity contribution in [2.24, 2.45) is 0 Å². The third-order valence-electron chi connectivity index (χ3n) is 3.41. The number of hydrogen-bond donors (Lipinski definition) is 0. The van der Waals surface area contributed by atoms with Gasteiger partial charge in [-0.2, -0.15) is 5.10 Å². The van der Waals surface area contributed by atoms with Gasteiger partial charge < -0.3 is 0 Å². The van der Waals surface area contributed by atoms with Gasteiger partial charge in [0.15, 0.2) is 0 Å². The van der Waals surface area contributed by atoms with Crippen molar-refractivity contribution in [1.82, 2.24) is 9.78 Å². The monoisotopic (exact) mass is 250 g/mol. The SMILES string of the molecule is c1ccc(CCCCn2cc3ccccc3n2)cc1. The zero-order chi connectivity index (χ0) is 12.9. The summed E-state index contributed by atoms with van der Waals surface area (Å²) in [5, 5.41) is 5.80. The van der Waals surface area contributed by atoms with Crippen molar-refractivity contribution in [2.45, 2.75) is 25.8 Å². The summed E-state index contributed by atoms with van der Waals surface area (Å²) in [7, 11) is 0. The number of hydrogen-bond acceptors (Lipinski definition) is 1. The summed E-state index contributed by atoms with van der Waals surface area (Å²) >= 11 is 0. The number of unbranched alkanes of at least 4 members (excludes halogenated alkanes) is 1. The van der Waals surface area contributed by atoms with Crippen LogP contribution >= 0.6 is 0 Å². The van der Waals surface area contributed by atoms with E-state index in [9.17, 15) is 0 Å². The molecular formula is C17H18N2. The quantitative estimate of drug-likeness (QED) is 0.624. The molecule has 19 heavy (non-hydrogen) atoms. The van der Waals surface area contributed by atoms with Crippen LogP contribution in [0.4, 0.5) is 0 Å². The first-order valence-electron chi connectivity index (χ1n) is 6.88. The van der Waals surface area contributed by atoms with Gasteiger partial charge in [-0.25, -0.2) is 0 Å². The molecule has 0 aliphatic carbocycles. The maximum Gasteiger partial charge on any atom is 0.0923 e. The van der Waals surface area contributed by atoms with E-state index in [1.807, 2.05) is 6.07 Å². The summed E-state index contributed by atoms with van der Waals surface area (Å²) in [5.41, 5.74) is 2.51. The third kappa shape index (κ3) is 3.02. The molecule has 0 unspecified atom stereocenters. The van der Waals surface area contributed by atoms with Crippen LogP contribution in [0.5, 0.6) is 0 Å². The Bertz CT molecular complexity index is 607. The van der Waals surface area contributed by atoms with Gasteiger partial charge in [0.2, 0.25) is 0 Å². The first-order chi connectivity index (χ1) is 9.42. The Balaban J connectivity index is 1.52. The number of fused-ring (bicyclic) bond motifs is 1. The number of nitrogens with zero attached hydrogens (tertiary/aromatic N) is 2. The molecule has 2 nitrogen and oxygen atoms in total. The van der Waals surface area contributed by atoms with Crippen molar-refractivity contribution in [3.05, 3.63) is 66.4 Å². The lowest BCUT2D eigenvalue weighted by Gasteiger charge is -2.02. The van der Waals surface area contributed by atoms with Crippen LogP contribution in [0.2, 0.25) is 0 Å². The van der Waals surface area contributed by atoms with E-state index in [1.165, 1.54) is 23.8 Å². The largest absolute Gasteiger partial charge is 0.272 e. The van der Waals surface area contributed by atoms with E-state index in [4.69, 9.17) is 0 Å². The second kappa shape index (κ2) is 5.70. The van der Waals surface area contributed by atoms with Crippen LogP contribution in [-0.2, 0) is 13.0 Å². The fourth-order valence-corrected chi connectivity index (χ4v) is 2.38. The topological polar surface area (TPSA) is 17.8 Å². The summed E-state index contributed by atoms with van der Waals surface area (Å²) in [4.78, 5) is 0. The smallest absolute Gasteiger partial charge is 0.0923 e. The molecular weight excluding hydrogens is 232 g/mol. The van der Waals surface area contributed by atoms with Gasteiger partial charge in [0.1, 0.15) is 0 Å². The molecule has 3 aromatic rings. The predicted octanol–water partition coefficient (Wildman–Crippen LogP) is 4.06. The molecule has 0 spiro atoms. The zero-order valence-electron chi connectivity index (χ0n) is 11.0. The first kappa shape index (κ1) is 12.0. The Hall–Kier alpha value is -2.09. The van der Waals surface area contributed by atoms with E-state index in [1.54, 1.807) is 0 Å². The molecule has 0 N–H and O–H groups in total. The maximum absolute atomic E-state index is 4.57. The Kier molecular flexibility index (Phi) is 3.59. The van der Waals surface area contributed by atoms with Crippen molar-refractivity contribution in [3.63, 3.8) is 0 Å². The Morgan fingerprint density at radius 2 is 1.63 bits per heavy atom. The molecule has 0 aliphatic heterocycles. The maximum atomic E-state index is 4.57. The van der Waals surface area contributed by atoms with Crippen molar-refractivity contribution < 1.29 is 0 Å². The molecule has 0 bridgehead atoms. The number of aryl methyl sites for hydroxylation is 2. The second-order valence-electron chi connectivity index (χ2n) is 4.89. The average Bonchev–Trinajstić information content (AvgIpc) is 2.87. The van der Waals surface area contributed by atoms with Gasteiger partial charge in [-0.3, -0.25) is 4.68 Å². The highest BCUT2D eigenvalue weighted by molar-refractivity contribution is 5.77. The summed E-state index contributed by atoms with van der Waals surface area (Å²) in [6.07, 6.45) is 5.67. The molecule has 3 rings (SSSR count). The van der Waals surface area contributed by atoms with E-state index in [2.05, 4.69) is 64.5 Å². The van der Waals surface area contributed by atoms with Crippen LogP contribution in [0.3, 0.4) is 0 Å². The van der Waals surface area contributed by atoms with E-state index in [-0.39, 0.29) is 0 Å². The fraction of sp³-hybridized carbons (Fsp3) is 0.235. The minimum Gasteiger partial charge on any atom is -0.272 e. The highest BCUT2D eigenvalue weighted by Gasteiger charge is 1.99. The van der Waals surface area contributed by atoms with Crippen molar-refractivity contribution in [1.29, 1.82) is 0 Å². The van der Waals surface area contributed by atoms with Gasteiger partial charge in [0.25, 0.3) is 0 Å². The minimum atomic E-state index is 1.00. The standard InChI is InChI=1S/C17H18N2/c1-2-8-15(9-3-1)10-6-7-13-19-14-16-11-4-5-12-17(16)18-19/h1-5,8-9,11-12,14H,6-7,10,13H2. The normalized spacial score (nSPS) is 10.9. The number of aromatic nitrogens is 2. The molecule has 1 heterocycles.